The van der Waals surface area contributed by atoms with Gasteiger partial charge in [0.25, 0.3) is 5.91 Å². The predicted molar refractivity (Wildman–Crippen MR) is 71.7 cm³/mol. The summed E-state index contributed by atoms with van der Waals surface area (Å²) in [6, 6.07) is 4.36. The van der Waals surface area contributed by atoms with Crippen LogP contribution in [0.25, 0.3) is 0 Å². The third-order valence-electron chi connectivity index (χ3n) is 2.34. The SMILES string of the molecule is CC(O)(CNC(=O)c1ccc(Cl)c(Cl)c1)CC(=O)O. The van der Waals surface area contributed by atoms with Crippen molar-refractivity contribution < 1.29 is 19.8 Å². The molecular formula is C12H13Cl2NO4. The van der Waals surface area contributed by atoms with Crippen molar-refractivity contribution in [1.82, 2.24) is 5.32 Å². The van der Waals surface area contributed by atoms with Crippen LogP contribution in [-0.4, -0.2) is 34.2 Å². The standard InChI is InChI=1S/C12H13Cl2NO4/c1-12(19,5-10(16)17)6-15-11(18)7-2-3-8(13)9(14)4-7/h2-4,19H,5-6H2,1H3,(H,15,18)(H,16,17). The van der Waals surface area contributed by atoms with Gasteiger partial charge in [0.05, 0.1) is 22.1 Å². The van der Waals surface area contributed by atoms with Gasteiger partial charge in [-0.05, 0) is 25.1 Å². The quantitative estimate of drug-likeness (QED) is 0.776. The number of nitrogens with one attached hydrogen (secondary N) is 1. The first-order valence-corrected chi connectivity index (χ1v) is 6.14. The van der Waals surface area contributed by atoms with Crippen LogP contribution in [0.15, 0.2) is 18.2 Å². The maximum atomic E-state index is 11.8. The smallest absolute Gasteiger partial charge is 0.306 e. The summed E-state index contributed by atoms with van der Waals surface area (Å²) in [5, 5.41) is 21.3. The fourth-order valence-electron chi connectivity index (χ4n) is 1.40. The van der Waals surface area contributed by atoms with Gasteiger partial charge in [0.15, 0.2) is 0 Å². The Balaban J connectivity index is 2.65. The highest BCUT2D eigenvalue weighted by atomic mass is 35.5. The van der Waals surface area contributed by atoms with Crippen LogP contribution in [0.1, 0.15) is 23.7 Å². The fraction of sp³-hybridized carbons (Fsp3) is 0.333. The van der Waals surface area contributed by atoms with E-state index < -0.39 is 23.9 Å². The number of aliphatic carboxylic acids is 1. The Bertz CT molecular complexity index is 503. The lowest BCUT2D eigenvalue weighted by Gasteiger charge is -2.21. The molecule has 5 nitrogen and oxygen atoms in total. The van der Waals surface area contributed by atoms with Gasteiger partial charge in [-0.3, -0.25) is 9.59 Å². The van der Waals surface area contributed by atoms with Crippen molar-refractivity contribution in [3.8, 4) is 0 Å². The monoisotopic (exact) mass is 305 g/mol. The van der Waals surface area contributed by atoms with Crippen molar-refractivity contribution in [2.24, 2.45) is 0 Å². The molecule has 1 unspecified atom stereocenters. The zero-order valence-electron chi connectivity index (χ0n) is 10.1. The Morgan fingerprint density at radius 2 is 1.95 bits per heavy atom. The molecule has 0 bridgehead atoms. The third-order valence-corrected chi connectivity index (χ3v) is 3.08. The molecule has 0 aromatic heterocycles. The second-order valence-electron chi connectivity index (χ2n) is 4.38. The van der Waals surface area contributed by atoms with Crippen LogP contribution in [0.2, 0.25) is 10.0 Å². The number of hydrogen-bond donors (Lipinski definition) is 3. The van der Waals surface area contributed by atoms with Crippen LogP contribution >= 0.6 is 23.2 Å². The van der Waals surface area contributed by atoms with Gasteiger partial charge in [-0.1, -0.05) is 23.2 Å². The average Bonchev–Trinajstić information content (AvgIpc) is 2.28. The fourth-order valence-corrected chi connectivity index (χ4v) is 1.70. The van der Waals surface area contributed by atoms with E-state index >= 15 is 0 Å². The highest BCUT2D eigenvalue weighted by Crippen LogP contribution is 2.22. The molecule has 0 aliphatic rings. The van der Waals surface area contributed by atoms with Crippen LogP contribution in [0, 0.1) is 0 Å². The van der Waals surface area contributed by atoms with Crippen molar-refractivity contribution in [1.29, 1.82) is 0 Å². The molecule has 1 rings (SSSR count). The van der Waals surface area contributed by atoms with E-state index in [0.717, 1.165) is 0 Å². The first kappa shape index (κ1) is 15.8. The molecular weight excluding hydrogens is 293 g/mol. The largest absolute Gasteiger partial charge is 0.481 e. The molecule has 0 saturated heterocycles. The Hall–Kier alpha value is -1.30. The van der Waals surface area contributed by atoms with E-state index in [-0.39, 0.29) is 17.1 Å². The molecule has 0 fully saturated rings. The molecule has 1 amide bonds. The van der Waals surface area contributed by atoms with Crippen LogP contribution in [-0.2, 0) is 4.79 Å². The summed E-state index contributed by atoms with van der Waals surface area (Å²) in [7, 11) is 0. The lowest BCUT2D eigenvalue weighted by atomic mass is 10.0. The summed E-state index contributed by atoms with van der Waals surface area (Å²) >= 11 is 11.5. The maximum Gasteiger partial charge on any atom is 0.306 e. The summed E-state index contributed by atoms with van der Waals surface area (Å²) < 4.78 is 0. The molecule has 19 heavy (non-hydrogen) atoms. The minimum Gasteiger partial charge on any atom is -0.481 e. The van der Waals surface area contributed by atoms with Gasteiger partial charge in [-0.25, -0.2) is 0 Å². The zero-order chi connectivity index (χ0) is 14.6. The number of aliphatic hydroxyl groups is 1. The summed E-state index contributed by atoms with van der Waals surface area (Å²) in [5.41, 5.74) is -1.24. The topological polar surface area (TPSA) is 86.6 Å². The summed E-state index contributed by atoms with van der Waals surface area (Å²) in [6.07, 6.45) is -0.464. The number of carbonyl (C=O) groups is 2. The van der Waals surface area contributed by atoms with Crippen molar-refractivity contribution in [2.45, 2.75) is 18.9 Å². The Morgan fingerprint density at radius 3 is 2.47 bits per heavy atom. The van der Waals surface area contributed by atoms with Gasteiger partial charge in [0, 0.05) is 12.1 Å². The molecule has 0 heterocycles. The number of benzene rings is 1. The summed E-state index contributed by atoms with van der Waals surface area (Å²) in [6.45, 7) is 1.15. The highest BCUT2D eigenvalue weighted by Gasteiger charge is 2.25. The second-order valence-corrected chi connectivity index (χ2v) is 5.19. The van der Waals surface area contributed by atoms with E-state index in [1.807, 2.05) is 0 Å². The molecule has 104 valence electrons. The maximum absolute atomic E-state index is 11.8. The molecule has 0 radical (unpaired) electrons. The van der Waals surface area contributed by atoms with Gasteiger partial charge >= 0.3 is 5.97 Å². The molecule has 0 aliphatic carbocycles. The number of amides is 1. The van der Waals surface area contributed by atoms with E-state index in [4.69, 9.17) is 28.3 Å². The van der Waals surface area contributed by atoms with E-state index in [2.05, 4.69) is 5.32 Å². The van der Waals surface area contributed by atoms with Crippen LogP contribution in [0.4, 0.5) is 0 Å². The minimum atomic E-state index is -1.52. The molecule has 0 spiro atoms. The zero-order valence-corrected chi connectivity index (χ0v) is 11.6. The molecule has 1 aromatic rings. The molecule has 1 atom stereocenters. The number of carboxylic acids is 1. The number of rotatable bonds is 5. The van der Waals surface area contributed by atoms with Gasteiger partial charge < -0.3 is 15.5 Å². The molecule has 0 aliphatic heterocycles. The van der Waals surface area contributed by atoms with Crippen molar-refractivity contribution in [3.63, 3.8) is 0 Å². The lowest BCUT2D eigenvalue weighted by molar-refractivity contribution is -0.141. The van der Waals surface area contributed by atoms with E-state index in [9.17, 15) is 14.7 Å². The van der Waals surface area contributed by atoms with E-state index in [1.54, 1.807) is 0 Å². The average molecular weight is 306 g/mol. The highest BCUT2D eigenvalue weighted by molar-refractivity contribution is 6.42. The normalized spacial score (nSPS) is 13.7. The Labute approximate surface area is 120 Å². The van der Waals surface area contributed by atoms with Crippen molar-refractivity contribution >= 4 is 35.1 Å². The molecule has 3 N–H and O–H groups in total. The molecule has 1 aromatic carbocycles. The lowest BCUT2D eigenvalue weighted by Crippen LogP contribution is -2.42. The predicted octanol–water partition coefficient (Wildman–Crippen LogP) is 1.95. The first-order chi connectivity index (χ1) is 8.71. The Morgan fingerprint density at radius 1 is 1.32 bits per heavy atom. The van der Waals surface area contributed by atoms with E-state index in [0.29, 0.717) is 5.02 Å². The van der Waals surface area contributed by atoms with Crippen molar-refractivity contribution in [3.05, 3.63) is 33.8 Å². The summed E-state index contributed by atoms with van der Waals surface area (Å²) in [5.74, 6) is -1.61. The molecule has 7 heteroatoms. The first-order valence-electron chi connectivity index (χ1n) is 5.39. The van der Waals surface area contributed by atoms with Gasteiger partial charge in [0.2, 0.25) is 0 Å². The summed E-state index contributed by atoms with van der Waals surface area (Å²) in [4.78, 5) is 22.3. The van der Waals surface area contributed by atoms with Gasteiger partial charge in [-0.15, -0.1) is 0 Å². The number of hydrogen-bond acceptors (Lipinski definition) is 3. The van der Waals surface area contributed by atoms with Crippen LogP contribution in [0.3, 0.4) is 0 Å². The van der Waals surface area contributed by atoms with E-state index in [1.165, 1.54) is 25.1 Å². The minimum absolute atomic E-state index is 0.182. The molecule has 0 saturated carbocycles. The van der Waals surface area contributed by atoms with Crippen molar-refractivity contribution in [2.75, 3.05) is 6.54 Å². The van der Waals surface area contributed by atoms with Crippen LogP contribution < -0.4 is 5.32 Å². The number of carbonyl (C=O) groups excluding carboxylic acids is 1. The van der Waals surface area contributed by atoms with Crippen LogP contribution in [0.5, 0.6) is 0 Å². The third kappa shape index (κ3) is 5.06. The van der Waals surface area contributed by atoms with Gasteiger partial charge in [-0.2, -0.15) is 0 Å². The van der Waals surface area contributed by atoms with Gasteiger partial charge in [0.1, 0.15) is 0 Å². The number of carboxylic acid groups (broad SMARTS) is 1. The Kier molecular flexibility index (Phi) is 5.17. The number of halogens is 2. The second kappa shape index (κ2) is 6.23.